The minimum absolute atomic E-state index is 0.0521. The Balaban J connectivity index is 1.29. The Morgan fingerprint density at radius 1 is 0.720 bits per heavy atom. The van der Waals surface area contributed by atoms with Crippen LogP contribution in [0.4, 0.5) is 10.6 Å². The highest BCUT2D eigenvalue weighted by molar-refractivity contribution is 7.95. The molecule has 4 aromatic carbocycles. The first kappa shape index (κ1) is 35.7. The molecule has 5 aromatic rings. The molecule has 2 unspecified atom stereocenters. The van der Waals surface area contributed by atoms with E-state index in [1.54, 1.807) is 18.3 Å². The number of benzene rings is 4. The highest BCUT2D eigenvalue weighted by Crippen LogP contribution is 2.23. The maximum atomic E-state index is 13.8. The third-order valence-corrected chi connectivity index (χ3v) is 10.2. The largest absolute Gasteiger partial charge is 0.481 e. The zero-order valence-corrected chi connectivity index (χ0v) is 28.4. The molecule has 0 aliphatic rings. The number of nitrogens with one attached hydrogen (secondary N) is 3. The van der Waals surface area contributed by atoms with Crippen molar-refractivity contribution in [1.82, 2.24) is 15.6 Å². The molecular weight excluding hydrogens is 649 g/mol. The van der Waals surface area contributed by atoms with Crippen LogP contribution < -0.4 is 16.0 Å². The molecule has 2 atom stereocenters. The normalized spacial score (nSPS) is 12.0. The zero-order valence-electron chi connectivity index (χ0n) is 27.6. The Bertz CT molecular complexity index is 1740. The summed E-state index contributed by atoms with van der Waals surface area (Å²) in [5, 5.41) is 18.8. The Morgan fingerprint density at radius 3 is 1.88 bits per heavy atom. The van der Waals surface area contributed by atoms with E-state index in [-0.39, 0.29) is 24.0 Å². The molecule has 4 N–H and O–H groups in total. The quantitative estimate of drug-likeness (QED) is 0.0670. The second kappa shape index (κ2) is 18.8. The second-order valence-corrected chi connectivity index (χ2v) is 13.8. The summed E-state index contributed by atoms with van der Waals surface area (Å²) in [5.74, 6) is -0.121. The van der Waals surface area contributed by atoms with Gasteiger partial charge in [0.25, 0.3) is 0 Å². The molecule has 256 valence electrons. The van der Waals surface area contributed by atoms with Crippen LogP contribution in [0.5, 0.6) is 0 Å². The van der Waals surface area contributed by atoms with Crippen LogP contribution in [0.2, 0.25) is 0 Å². The van der Waals surface area contributed by atoms with Gasteiger partial charge >= 0.3 is 12.1 Å². The van der Waals surface area contributed by atoms with Crippen molar-refractivity contribution in [3.63, 3.8) is 0 Å². The predicted molar refractivity (Wildman–Crippen MR) is 199 cm³/mol. The number of aromatic nitrogens is 1. The summed E-state index contributed by atoms with van der Waals surface area (Å²) >= 11 is 0. The Kier molecular flexibility index (Phi) is 13.4. The molecule has 0 aliphatic carbocycles. The van der Waals surface area contributed by atoms with Crippen molar-refractivity contribution in [2.24, 2.45) is 0 Å². The van der Waals surface area contributed by atoms with Gasteiger partial charge < -0.3 is 25.8 Å². The summed E-state index contributed by atoms with van der Waals surface area (Å²) in [6, 6.07) is 41.7. The first-order chi connectivity index (χ1) is 24.4. The van der Waals surface area contributed by atoms with Crippen molar-refractivity contribution >= 4 is 34.7 Å². The highest BCUT2D eigenvalue weighted by Gasteiger charge is 2.33. The van der Waals surface area contributed by atoms with Gasteiger partial charge in [0.1, 0.15) is 29.7 Å². The fraction of sp³-hybridized carbons (Fsp3) is 0.200. The minimum Gasteiger partial charge on any atom is -0.481 e. The van der Waals surface area contributed by atoms with Crippen LogP contribution in [0.25, 0.3) is 11.1 Å². The summed E-state index contributed by atoms with van der Waals surface area (Å²) in [4.78, 5) is 43.5. The third kappa shape index (κ3) is 11.2. The molecule has 1 heterocycles. The summed E-state index contributed by atoms with van der Waals surface area (Å²) in [6.07, 6.45) is 0.929. The smallest absolute Gasteiger partial charge is 0.408 e. The van der Waals surface area contributed by atoms with Gasteiger partial charge in [-0.05, 0) is 39.7 Å². The average Bonchev–Trinajstić information content (AvgIpc) is 3.15. The fourth-order valence-electron chi connectivity index (χ4n) is 5.39. The van der Waals surface area contributed by atoms with Gasteiger partial charge in [-0.25, -0.2) is 9.78 Å². The van der Waals surface area contributed by atoms with E-state index < -0.39 is 29.9 Å². The van der Waals surface area contributed by atoms with Gasteiger partial charge in [0.05, 0.1) is 12.5 Å². The van der Waals surface area contributed by atoms with E-state index in [4.69, 9.17) is 4.74 Å². The van der Waals surface area contributed by atoms with Gasteiger partial charge in [0.15, 0.2) is 6.04 Å². The molecule has 0 saturated heterocycles. The number of anilines is 1. The zero-order chi connectivity index (χ0) is 35.0. The molecule has 9 nitrogen and oxygen atoms in total. The number of alkyl carbamates (subject to hydrolysis) is 1. The SMILES string of the molecule is O=C(NC(C[S+](Cc1ccccc1)Cc1ccccc1)C(=O)NCC(C(=O)O)c1ccc(-c2ccccc2)cc1)OCCNc1ccccn1. The van der Waals surface area contributed by atoms with Crippen molar-refractivity contribution in [3.05, 3.63) is 156 Å². The number of carbonyl (C=O) groups excluding carboxylic acids is 2. The molecule has 0 bridgehead atoms. The van der Waals surface area contributed by atoms with Gasteiger partial charge in [0, 0.05) is 23.9 Å². The van der Waals surface area contributed by atoms with Gasteiger partial charge in [-0.1, -0.05) is 121 Å². The van der Waals surface area contributed by atoms with Crippen molar-refractivity contribution in [2.45, 2.75) is 23.5 Å². The van der Waals surface area contributed by atoms with Crippen LogP contribution in [0.15, 0.2) is 140 Å². The number of hydrogen-bond acceptors (Lipinski definition) is 6. The average molecular weight is 690 g/mol. The number of carboxylic acids is 1. The lowest BCUT2D eigenvalue weighted by Gasteiger charge is -2.21. The molecule has 2 amide bonds. The van der Waals surface area contributed by atoms with Crippen LogP contribution in [-0.4, -0.2) is 59.6 Å². The summed E-state index contributed by atoms with van der Waals surface area (Å²) in [5.41, 5.74) is 4.80. The van der Waals surface area contributed by atoms with E-state index in [1.807, 2.05) is 97.1 Å². The fourth-order valence-corrected chi connectivity index (χ4v) is 7.77. The molecular formula is C40H41N4O5S+. The van der Waals surface area contributed by atoms with Crippen molar-refractivity contribution < 1.29 is 24.2 Å². The van der Waals surface area contributed by atoms with Crippen molar-refractivity contribution in [3.8, 4) is 11.1 Å². The number of rotatable bonds is 17. The van der Waals surface area contributed by atoms with E-state index in [2.05, 4.69) is 45.2 Å². The molecule has 50 heavy (non-hydrogen) atoms. The summed E-state index contributed by atoms with van der Waals surface area (Å²) in [6.45, 7) is 0.235. The van der Waals surface area contributed by atoms with Crippen molar-refractivity contribution in [2.75, 3.05) is 30.8 Å². The number of pyridine rings is 1. The van der Waals surface area contributed by atoms with Gasteiger partial charge in [-0.15, -0.1) is 0 Å². The summed E-state index contributed by atoms with van der Waals surface area (Å²) in [7, 11) is -0.374. The number of amides is 2. The Hall–Kier alpha value is -5.61. The number of ether oxygens (including phenoxy) is 1. The molecule has 10 heteroatoms. The van der Waals surface area contributed by atoms with Crippen LogP contribution in [0.3, 0.4) is 0 Å². The molecule has 5 rings (SSSR count). The molecule has 1 aromatic heterocycles. The van der Waals surface area contributed by atoms with Gasteiger partial charge in [0.2, 0.25) is 5.91 Å². The second-order valence-electron chi connectivity index (χ2n) is 11.6. The van der Waals surface area contributed by atoms with Gasteiger partial charge in [-0.2, -0.15) is 0 Å². The molecule has 0 fully saturated rings. The molecule has 0 radical (unpaired) electrons. The third-order valence-electron chi connectivity index (χ3n) is 7.94. The van der Waals surface area contributed by atoms with Crippen LogP contribution in [0.1, 0.15) is 22.6 Å². The van der Waals surface area contributed by atoms with Crippen molar-refractivity contribution in [1.29, 1.82) is 0 Å². The van der Waals surface area contributed by atoms with E-state index in [0.717, 1.165) is 22.3 Å². The van der Waals surface area contributed by atoms with E-state index in [1.165, 1.54) is 0 Å². The van der Waals surface area contributed by atoms with Gasteiger partial charge in [-0.3, -0.25) is 9.59 Å². The number of nitrogens with zero attached hydrogens (tertiary/aromatic N) is 1. The molecule has 0 spiro atoms. The Labute approximate surface area is 295 Å². The van der Waals surface area contributed by atoms with E-state index >= 15 is 0 Å². The van der Waals surface area contributed by atoms with Crippen LogP contribution in [-0.2, 0) is 36.7 Å². The van der Waals surface area contributed by atoms with Crippen LogP contribution in [0, 0.1) is 0 Å². The monoisotopic (exact) mass is 689 g/mol. The number of carbonyl (C=O) groups is 3. The lowest BCUT2D eigenvalue weighted by molar-refractivity contribution is -0.138. The number of hydrogen-bond donors (Lipinski definition) is 4. The predicted octanol–water partition coefficient (Wildman–Crippen LogP) is 6.26. The lowest BCUT2D eigenvalue weighted by atomic mass is 9.96. The highest BCUT2D eigenvalue weighted by atomic mass is 32.2. The maximum Gasteiger partial charge on any atom is 0.408 e. The topological polar surface area (TPSA) is 130 Å². The molecule has 0 saturated carbocycles. The lowest BCUT2D eigenvalue weighted by Crippen LogP contribution is -2.51. The standard InChI is InChI=1S/C40H40N4O5S/c45-38(43-26-35(39(46)47)34-21-19-33(20-22-34)32-16-8-3-9-17-32)36(44-40(48)49-25-24-42-37-18-10-11-23-41-37)29-50(27-30-12-4-1-5-13-30)28-31-14-6-2-7-15-31/h1-23,35-36H,24-29H2,(H3-,41,42,43,44,45,46,47,48)/p+1. The number of aliphatic carboxylic acids is 1. The minimum atomic E-state index is -1.06. The summed E-state index contributed by atoms with van der Waals surface area (Å²) < 4.78 is 5.43. The number of carboxylic acid groups (broad SMARTS) is 1. The van der Waals surface area contributed by atoms with Crippen LogP contribution >= 0.6 is 0 Å². The first-order valence-corrected chi connectivity index (χ1v) is 18.1. The van der Waals surface area contributed by atoms with E-state index in [0.29, 0.717) is 35.2 Å². The Morgan fingerprint density at radius 2 is 1.30 bits per heavy atom. The first-order valence-electron chi connectivity index (χ1n) is 16.4. The molecule has 0 aliphatic heterocycles. The maximum absolute atomic E-state index is 13.8. The van der Waals surface area contributed by atoms with E-state index in [9.17, 15) is 19.5 Å².